The van der Waals surface area contributed by atoms with Crippen molar-refractivity contribution >= 4 is 84.0 Å². The van der Waals surface area contributed by atoms with Gasteiger partial charge in [-0.25, -0.2) is 9.18 Å². The highest BCUT2D eigenvalue weighted by molar-refractivity contribution is 7.14. The van der Waals surface area contributed by atoms with Gasteiger partial charge in [0.15, 0.2) is 0 Å². The number of benzene rings is 5. The number of halogens is 10. The van der Waals surface area contributed by atoms with Gasteiger partial charge in [-0.15, -0.1) is 48.6 Å². The number of carbonyl (C=O) groups excluding carboxylic acids is 4. The number of likely N-dealkylation sites (N-methyl/N-ethyl adjacent to an activating group) is 2. The molecule has 5 aromatic carbocycles. The van der Waals surface area contributed by atoms with Crippen molar-refractivity contribution in [2.24, 2.45) is 5.92 Å². The number of amides is 5. The third-order valence-electron chi connectivity index (χ3n) is 21.1. The Morgan fingerprint density at radius 1 is 0.663 bits per heavy atom. The minimum absolute atomic E-state index is 0. The molecule has 1 aromatic heterocycles. The van der Waals surface area contributed by atoms with Gasteiger partial charge >= 0.3 is 18.4 Å². The van der Waals surface area contributed by atoms with Gasteiger partial charge < -0.3 is 44.0 Å². The maximum atomic E-state index is 14.3. The van der Waals surface area contributed by atoms with Crippen molar-refractivity contribution in [2.75, 3.05) is 118 Å². The standard InChI is InChI=1S/C77H91F7N8O8S.3ClH/c1-85(70(94)51-99-68-47-56-17-9-11-19-65(56)74(68)32-40-89(41-33-74)42-34-75(58-24-26-61(78)27-25-58)52-91(53-100-75)71(95)57-45-59(76(79,80)81)48-60(46-57)77(82,83)84)35-14-36-87(3)72(96)67-29-28-63(101-67)50-90(49-54-22-23-54)37-13-5-8-21-69(93)86(2)43-44-88-38-30-62(31-39-88)92(73(97)98)66-20-12-10-18-64(66)55-15-6-4-7-16-55;;;/h4,6-7,9-12,15-20,24-29,45-46,48,54,62,68H,5,8,13-14,21-23,30-44,47,49-53H2,1-3H3,(H,97,98);3*1H/t68-,75+;;;/m0.../s1. The summed E-state index contributed by atoms with van der Waals surface area (Å²) in [6, 6.07) is 35.8. The molecular weight excluding hydrogens is 1440 g/mol. The van der Waals surface area contributed by atoms with E-state index in [0.29, 0.717) is 118 Å². The highest BCUT2D eigenvalue weighted by Crippen LogP contribution is 2.49. The van der Waals surface area contributed by atoms with Gasteiger partial charge in [0.1, 0.15) is 24.8 Å². The summed E-state index contributed by atoms with van der Waals surface area (Å²) in [5.74, 6) is -1.04. The van der Waals surface area contributed by atoms with Crippen LogP contribution in [0.3, 0.4) is 0 Å². The predicted molar refractivity (Wildman–Crippen MR) is 395 cm³/mol. The van der Waals surface area contributed by atoms with E-state index in [4.69, 9.17) is 9.47 Å². The molecule has 4 heterocycles. The topological polar surface area (TPSA) is 150 Å². The van der Waals surface area contributed by atoms with Gasteiger partial charge in [0.25, 0.3) is 11.8 Å². The lowest BCUT2D eigenvalue weighted by molar-refractivity contribution is -0.143. The summed E-state index contributed by atoms with van der Waals surface area (Å²) in [4.78, 5) is 83.9. The molecule has 0 radical (unpaired) electrons. The van der Waals surface area contributed by atoms with Gasteiger partial charge in [0, 0.05) is 114 Å². The van der Waals surface area contributed by atoms with Crippen LogP contribution < -0.4 is 4.90 Å². The summed E-state index contributed by atoms with van der Waals surface area (Å²) in [7, 11) is 5.39. The zero-order valence-electron chi connectivity index (χ0n) is 58.9. The SMILES string of the molecule is CN(CCN1CCC(N(C(=O)O)c2ccccc2-c2ccccc2)CC1)C(=O)CCCCCN(Cc1ccc(C(=O)N(C)CCCN(C)C(=O)CO[C@H]2Cc3ccccc3C23CCN(CC[C@]2(c4ccc(F)cc4)CN(C(=O)c4cc(C(F)(F)F)cc(C(F)(F)F)c4)CO2)CC3)s1)CC1CC1.Cl.Cl.Cl. The first kappa shape index (κ1) is 82.8. The molecule has 1 N–H and O–H groups in total. The number of carbonyl (C=O) groups is 5. The molecule has 4 fully saturated rings. The van der Waals surface area contributed by atoms with E-state index in [2.05, 4.69) is 26.8 Å². The molecule has 1 spiro atoms. The van der Waals surface area contributed by atoms with Crippen LogP contribution in [0.1, 0.15) is 130 Å². The van der Waals surface area contributed by atoms with Crippen molar-refractivity contribution in [3.63, 3.8) is 0 Å². The molecule has 11 rings (SSSR count). The van der Waals surface area contributed by atoms with E-state index >= 15 is 0 Å². The summed E-state index contributed by atoms with van der Waals surface area (Å²) in [5, 5.41) is 10.4. The minimum atomic E-state index is -5.15. The number of anilines is 1. The maximum Gasteiger partial charge on any atom is 0.416 e. The van der Waals surface area contributed by atoms with Crippen LogP contribution in [-0.2, 0) is 55.4 Å². The Kier molecular flexibility index (Phi) is 29.1. The zero-order chi connectivity index (χ0) is 71.6. The Balaban J connectivity index is 0.00000456. The average Bonchev–Trinajstić information content (AvgIpc) is 1.60. The Labute approximate surface area is 627 Å². The molecule has 16 nitrogen and oxygen atoms in total. The number of para-hydroxylation sites is 1. The molecule has 2 aliphatic carbocycles. The van der Waals surface area contributed by atoms with Crippen LogP contribution in [0.4, 0.5) is 41.2 Å². The van der Waals surface area contributed by atoms with Crippen LogP contribution in [0.5, 0.6) is 0 Å². The third-order valence-corrected chi connectivity index (χ3v) is 22.2. The van der Waals surface area contributed by atoms with Crippen LogP contribution in [-0.4, -0.2) is 194 Å². The van der Waals surface area contributed by atoms with Gasteiger partial charge in [-0.2, -0.15) is 26.3 Å². The van der Waals surface area contributed by atoms with Crippen LogP contribution in [0.25, 0.3) is 11.1 Å². The lowest BCUT2D eigenvalue weighted by Crippen LogP contribution is -2.50. The second kappa shape index (κ2) is 36.6. The summed E-state index contributed by atoms with van der Waals surface area (Å²) < 4.78 is 110. The first-order chi connectivity index (χ1) is 48.4. The van der Waals surface area contributed by atoms with E-state index in [-0.39, 0.29) is 92.7 Å². The van der Waals surface area contributed by atoms with Crippen LogP contribution in [0, 0.1) is 11.7 Å². The van der Waals surface area contributed by atoms with Crippen molar-refractivity contribution in [1.82, 2.24) is 34.3 Å². The number of ether oxygens (including phenoxy) is 2. The molecule has 104 heavy (non-hydrogen) atoms. The fourth-order valence-electron chi connectivity index (χ4n) is 15.0. The number of hydrogen-bond donors (Lipinski definition) is 1. The Morgan fingerprint density at radius 3 is 1.97 bits per heavy atom. The second-order valence-electron chi connectivity index (χ2n) is 28.1. The number of piperidine rings is 2. The van der Waals surface area contributed by atoms with Crippen LogP contribution in [0.2, 0.25) is 0 Å². The van der Waals surface area contributed by atoms with Gasteiger partial charge in [0.05, 0.1) is 34.3 Å². The smallest absolute Gasteiger partial charge is 0.416 e. The lowest BCUT2D eigenvalue weighted by atomic mass is 9.72. The van der Waals surface area contributed by atoms with E-state index < -0.39 is 64.6 Å². The molecule has 0 unspecified atom stereocenters. The van der Waals surface area contributed by atoms with Crippen LogP contribution >= 0.6 is 48.6 Å². The number of hydrogen-bond acceptors (Lipinski definition) is 11. The first-order valence-electron chi connectivity index (χ1n) is 35.2. The molecule has 6 aromatic rings. The normalized spacial score (nSPS) is 18.3. The highest BCUT2D eigenvalue weighted by Gasteiger charge is 2.51. The third kappa shape index (κ3) is 20.6. The largest absolute Gasteiger partial charge is 0.465 e. The summed E-state index contributed by atoms with van der Waals surface area (Å²) in [6.07, 6.45) is -1.72. The van der Waals surface area contributed by atoms with Crippen molar-refractivity contribution in [3.8, 4) is 11.1 Å². The number of rotatable bonds is 29. The number of thiophene rings is 1. The summed E-state index contributed by atoms with van der Waals surface area (Å²) >= 11 is 1.52. The van der Waals surface area contributed by atoms with E-state index in [1.165, 1.54) is 54.0 Å². The number of nitrogens with zero attached hydrogens (tertiary/aromatic N) is 8. The van der Waals surface area contributed by atoms with Gasteiger partial charge in [-0.1, -0.05) is 91.3 Å². The van der Waals surface area contributed by atoms with Gasteiger partial charge in [-0.05, 0) is 167 Å². The number of likely N-dealkylation sites (tertiary alicyclic amines) is 2. The van der Waals surface area contributed by atoms with E-state index in [1.807, 2.05) is 90.8 Å². The Hall–Kier alpha value is -6.87. The van der Waals surface area contributed by atoms with Gasteiger partial charge in [-0.3, -0.25) is 29.0 Å². The second-order valence-corrected chi connectivity index (χ2v) is 29.2. The monoisotopic (exact) mass is 1530 g/mol. The van der Waals surface area contributed by atoms with E-state index in [0.717, 1.165) is 85.0 Å². The summed E-state index contributed by atoms with van der Waals surface area (Å²) in [5.41, 5.74) is -0.299. The minimum Gasteiger partial charge on any atom is -0.465 e. The lowest BCUT2D eigenvalue weighted by Gasteiger charge is -2.44. The van der Waals surface area contributed by atoms with Gasteiger partial charge in [0.2, 0.25) is 11.8 Å². The molecular formula is C77H94Cl3F7N8O8S. The number of unbranched alkanes of at least 4 members (excludes halogenated alkanes) is 2. The number of fused-ring (bicyclic) bond motifs is 2. The molecule has 5 amide bonds. The predicted octanol–water partition coefficient (Wildman–Crippen LogP) is 15.0. The fourth-order valence-corrected chi connectivity index (χ4v) is 16.1. The van der Waals surface area contributed by atoms with E-state index in [9.17, 15) is 59.8 Å². The molecule has 2 atom stereocenters. The zero-order valence-corrected chi connectivity index (χ0v) is 62.2. The number of carboxylic acid groups (broad SMARTS) is 1. The van der Waals surface area contributed by atoms with Crippen molar-refractivity contribution in [3.05, 3.63) is 182 Å². The highest BCUT2D eigenvalue weighted by atomic mass is 35.5. The summed E-state index contributed by atoms with van der Waals surface area (Å²) in [6.45, 7) is 7.23. The maximum absolute atomic E-state index is 14.3. The molecule has 5 aliphatic rings. The fraction of sp³-hybridized carbons (Fsp3) is 0.494. The quantitative estimate of drug-likeness (QED) is 0.0353. The average molecular weight is 1530 g/mol. The molecule has 566 valence electrons. The van der Waals surface area contributed by atoms with Crippen molar-refractivity contribution < 1.29 is 69.3 Å². The van der Waals surface area contributed by atoms with Crippen molar-refractivity contribution in [2.45, 2.75) is 126 Å². The molecule has 0 bridgehead atoms. The van der Waals surface area contributed by atoms with E-state index in [1.54, 1.807) is 28.8 Å². The molecule has 1 saturated carbocycles. The first-order valence-corrected chi connectivity index (χ1v) is 36.0. The number of alkyl halides is 6. The van der Waals surface area contributed by atoms with Crippen LogP contribution in [0.15, 0.2) is 133 Å². The molecule has 27 heteroatoms. The molecule has 3 aliphatic heterocycles. The Morgan fingerprint density at radius 2 is 1.30 bits per heavy atom. The molecule has 3 saturated heterocycles. The Bertz CT molecular complexity index is 3810. The van der Waals surface area contributed by atoms with Crippen molar-refractivity contribution in [1.29, 1.82) is 0 Å².